The number of carboxylic acid groups (broad SMARTS) is 1. The Morgan fingerprint density at radius 1 is 0.543 bits per heavy atom. The molecule has 0 saturated carbocycles. The maximum atomic E-state index is 11.8. The summed E-state index contributed by atoms with van der Waals surface area (Å²) in [4.78, 5) is 22.2. The molecule has 1 N–H and O–H groups in total. The molecular weight excluding hydrogens is 561 g/mol. The van der Waals surface area contributed by atoms with E-state index in [1.165, 1.54) is 83.5 Å². The van der Waals surface area contributed by atoms with Gasteiger partial charge in [0.05, 0.1) is 0 Å². The Kier molecular flexibility index (Phi) is 23.9. The minimum atomic E-state index is -0.653. The second-order valence-corrected chi connectivity index (χ2v) is 9.15. The number of rotatable bonds is 18. The van der Waals surface area contributed by atoms with Gasteiger partial charge in [0.2, 0.25) is 0 Å². The number of carbonyl (C=O) groups is 2. The largest absolute Gasteiger partial charge is 0.481 e. The number of carboxylic acids is 1. The number of hydrogen-bond acceptors (Lipinski definition) is 2. The summed E-state index contributed by atoms with van der Waals surface area (Å²) in [6, 6.07) is 18.6. The van der Waals surface area contributed by atoms with Crippen LogP contribution in [0.15, 0.2) is 60.7 Å². The monoisotopic (exact) mass is 607 g/mol. The third-order valence-electron chi connectivity index (χ3n) is 6.07. The zero-order valence-corrected chi connectivity index (χ0v) is 25.6. The smallest absolute Gasteiger partial charge is 0.303 e. The van der Waals surface area contributed by atoms with E-state index in [1.807, 2.05) is 60.7 Å². The molecule has 0 bridgehead atoms. The van der Waals surface area contributed by atoms with Crippen LogP contribution in [0, 0.1) is 41.3 Å². The summed E-state index contributed by atoms with van der Waals surface area (Å²) in [5.41, 5.74) is 1.47. The SMILES string of the molecule is CCCCCCCCCCCCCCCCCC(=O)O.O=C(c1ccccc1)c1ccccc1.[Pr]. The van der Waals surface area contributed by atoms with Gasteiger partial charge in [-0.25, -0.2) is 0 Å². The molecule has 1 radical (unpaired) electrons. The van der Waals surface area contributed by atoms with Gasteiger partial charge >= 0.3 is 5.97 Å². The van der Waals surface area contributed by atoms with E-state index < -0.39 is 5.97 Å². The molecule has 4 heteroatoms. The second kappa shape index (κ2) is 24.6. The molecule has 2 aromatic rings. The molecule has 0 aliphatic heterocycles. The van der Waals surface area contributed by atoms with E-state index in [0.717, 1.165) is 24.0 Å². The number of benzene rings is 2. The second-order valence-electron chi connectivity index (χ2n) is 9.15. The van der Waals surface area contributed by atoms with Crippen LogP contribution in [-0.4, -0.2) is 16.9 Å². The van der Waals surface area contributed by atoms with Gasteiger partial charge in [0.1, 0.15) is 0 Å². The summed E-state index contributed by atoms with van der Waals surface area (Å²) in [6.45, 7) is 2.27. The number of ketones is 1. The standard InChI is InChI=1S/C18H36O2.C13H10O.Pr/c1-2-3-4-5-6-7-8-9-10-11-12-13-14-15-16-17-18(19)20;14-13(11-7-3-1-4-8-11)12-9-5-2-6-10-12;/h2-17H2,1H3,(H,19,20);1-10H;. The zero-order chi connectivity index (χ0) is 24.7. The van der Waals surface area contributed by atoms with E-state index in [4.69, 9.17) is 5.11 Å². The van der Waals surface area contributed by atoms with Crippen molar-refractivity contribution in [2.75, 3.05) is 0 Å². The van der Waals surface area contributed by atoms with Gasteiger partial charge in [-0.1, -0.05) is 157 Å². The van der Waals surface area contributed by atoms with Crippen LogP contribution in [-0.2, 0) is 4.79 Å². The molecule has 0 atom stereocenters. The van der Waals surface area contributed by atoms with Gasteiger partial charge in [-0.15, -0.1) is 0 Å². The summed E-state index contributed by atoms with van der Waals surface area (Å²) >= 11 is 0. The fourth-order valence-corrected chi connectivity index (χ4v) is 3.99. The van der Waals surface area contributed by atoms with Crippen LogP contribution < -0.4 is 0 Å². The van der Waals surface area contributed by atoms with Crippen LogP contribution in [0.2, 0.25) is 0 Å². The number of hydrogen-bond donors (Lipinski definition) is 1. The van der Waals surface area contributed by atoms with E-state index in [-0.39, 0.29) is 47.1 Å². The first-order chi connectivity index (χ1) is 16.6. The van der Waals surface area contributed by atoms with Crippen molar-refractivity contribution in [1.82, 2.24) is 0 Å². The van der Waals surface area contributed by atoms with Crippen molar-refractivity contribution >= 4 is 11.8 Å². The quantitative estimate of drug-likeness (QED) is 0.136. The summed E-state index contributed by atoms with van der Waals surface area (Å²) in [7, 11) is 0. The minimum Gasteiger partial charge on any atom is -0.481 e. The minimum absolute atomic E-state index is 0. The van der Waals surface area contributed by atoms with E-state index in [9.17, 15) is 9.59 Å². The Balaban J connectivity index is 0.000000674. The van der Waals surface area contributed by atoms with Crippen LogP contribution >= 0.6 is 0 Å². The van der Waals surface area contributed by atoms with Gasteiger partial charge in [-0.05, 0) is 6.42 Å². The van der Waals surface area contributed by atoms with Gasteiger partial charge < -0.3 is 5.11 Å². The maximum absolute atomic E-state index is 11.8. The van der Waals surface area contributed by atoms with Gasteiger partial charge in [0.15, 0.2) is 5.78 Å². The van der Waals surface area contributed by atoms with Crippen LogP contribution in [0.1, 0.15) is 126 Å². The third kappa shape index (κ3) is 19.8. The van der Waals surface area contributed by atoms with Gasteiger partial charge in [-0.3, -0.25) is 9.59 Å². The Labute approximate surface area is 247 Å². The van der Waals surface area contributed by atoms with Crippen molar-refractivity contribution in [3.8, 4) is 0 Å². The van der Waals surface area contributed by atoms with Crippen molar-refractivity contribution < 1.29 is 56.0 Å². The summed E-state index contributed by atoms with van der Waals surface area (Å²) in [5, 5.41) is 8.52. The zero-order valence-electron chi connectivity index (χ0n) is 21.9. The Morgan fingerprint density at radius 2 is 0.857 bits per heavy atom. The summed E-state index contributed by atoms with van der Waals surface area (Å²) in [5.74, 6) is -0.578. The molecule has 0 amide bonds. The van der Waals surface area contributed by atoms with Crippen LogP contribution in [0.4, 0.5) is 0 Å². The van der Waals surface area contributed by atoms with Gasteiger partial charge in [0.25, 0.3) is 0 Å². The molecule has 0 aromatic heterocycles. The fraction of sp³-hybridized carbons (Fsp3) is 0.548. The Bertz CT molecular complexity index is 705. The van der Waals surface area contributed by atoms with Gasteiger partial charge in [0, 0.05) is 58.8 Å². The molecule has 0 saturated heterocycles. The number of aliphatic carboxylic acids is 1. The fourth-order valence-electron chi connectivity index (χ4n) is 3.99. The first-order valence-electron chi connectivity index (χ1n) is 13.5. The Morgan fingerprint density at radius 3 is 1.17 bits per heavy atom. The molecule has 0 spiro atoms. The Hall–Kier alpha value is -1.06. The topological polar surface area (TPSA) is 54.4 Å². The summed E-state index contributed by atoms with van der Waals surface area (Å²) in [6.07, 6.45) is 20.2. The number of carbonyl (C=O) groups excluding carboxylic acids is 1. The normalized spacial score (nSPS) is 10.1. The van der Waals surface area contributed by atoms with Crippen molar-refractivity contribution in [3.05, 3.63) is 71.8 Å². The summed E-state index contributed by atoms with van der Waals surface area (Å²) < 4.78 is 0. The molecule has 0 aliphatic carbocycles. The molecule has 0 fully saturated rings. The molecule has 35 heavy (non-hydrogen) atoms. The molecule has 2 rings (SSSR count). The molecular formula is C31H46O3Pr. The van der Waals surface area contributed by atoms with Crippen molar-refractivity contribution in [2.24, 2.45) is 0 Å². The van der Waals surface area contributed by atoms with E-state index in [1.54, 1.807) is 0 Å². The average Bonchev–Trinajstić information content (AvgIpc) is 2.87. The maximum Gasteiger partial charge on any atom is 0.303 e. The van der Waals surface area contributed by atoms with Gasteiger partial charge in [-0.2, -0.15) is 0 Å². The predicted molar refractivity (Wildman–Crippen MR) is 143 cm³/mol. The number of unbranched alkanes of at least 4 members (excludes halogenated alkanes) is 14. The molecule has 191 valence electrons. The van der Waals surface area contributed by atoms with E-state index >= 15 is 0 Å². The van der Waals surface area contributed by atoms with Crippen LogP contribution in [0.3, 0.4) is 0 Å². The average molecular weight is 608 g/mol. The molecule has 0 heterocycles. The molecule has 2 aromatic carbocycles. The first kappa shape index (κ1) is 33.9. The predicted octanol–water partition coefficient (Wildman–Crippen LogP) is 9.25. The van der Waals surface area contributed by atoms with Crippen LogP contribution in [0.5, 0.6) is 0 Å². The van der Waals surface area contributed by atoms with Crippen molar-refractivity contribution in [1.29, 1.82) is 0 Å². The van der Waals surface area contributed by atoms with E-state index in [2.05, 4.69) is 6.92 Å². The first-order valence-corrected chi connectivity index (χ1v) is 13.5. The van der Waals surface area contributed by atoms with Crippen molar-refractivity contribution in [3.63, 3.8) is 0 Å². The van der Waals surface area contributed by atoms with Crippen LogP contribution in [0.25, 0.3) is 0 Å². The molecule has 0 aliphatic rings. The third-order valence-corrected chi connectivity index (χ3v) is 6.07. The van der Waals surface area contributed by atoms with E-state index in [0.29, 0.717) is 6.42 Å². The molecule has 3 nitrogen and oxygen atoms in total. The van der Waals surface area contributed by atoms with Crippen molar-refractivity contribution in [2.45, 2.75) is 110 Å². The molecule has 0 unspecified atom stereocenters.